The van der Waals surface area contributed by atoms with E-state index >= 15 is 8.78 Å². The number of halogens is 3. The van der Waals surface area contributed by atoms with Gasteiger partial charge < -0.3 is 14.5 Å². The molecule has 7 rings (SSSR count). The third kappa shape index (κ3) is 5.95. The number of thiophene rings is 1. The minimum absolute atomic E-state index is 0.00111. The minimum atomic E-state index is -0.904. The molecule has 0 unspecified atom stereocenters. The van der Waals surface area contributed by atoms with Crippen LogP contribution in [0.25, 0.3) is 43.9 Å². The van der Waals surface area contributed by atoms with Gasteiger partial charge in [0.15, 0.2) is 0 Å². The number of methoxy groups -OCH3 is 1. The minimum Gasteiger partial charge on any atom is -0.496 e. The summed E-state index contributed by atoms with van der Waals surface area (Å²) in [6, 6.07) is 5.00. The summed E-state index contributed by atoms with van der Waals surface area (Å²) in [5, 5.41) is 6.43. The van der Waals surface area contributed by atoms with Gasteiger partial charge in [-0.25, -0.2) is 18.2 Å². The van der Waals surface area contributed by atoms with E-state index in [2.05, 4.69) is 6.58 Å². The first-order valence-electron chi connectivity index (χ1n) is 16.5. The summed E-state index contributed by atoms with van der Waals surface area (Å²) >= 11 is 1.07. The van der Waals surface area contributed by atoms with Crippen molar-refractivity contribution < 1.29 is 27.5 Å². The van der Waals surface area contributed by atoms with Gasteiger partial charge in [0.1, 0.15) is 34.6 Å². The number of pyridine rings is 2. The van der Waals surface area contributed by atoms with Crippen LogP contribution in [0.15, 0.2) is 48.5 Å². The molecule has 0 fully saturated rings. The van der Waals surface area contributed by atoms with Gasteiger partial charge in [-0.2, -0.15) is 5.10 Å². The lowest BCUT2D eigenvalue weighted by molar-refractivity contribution is -0.130. The molecule has 0 N–H and O–H groups in total. The van der Waals surface area contributed by atoms with Gasteiger partial charge in [0.25, 0.3) is 0 Å². The smallest absolute Gasteiger partial charge is 0.246 e. The second-order valence-corrected chi connectivity index (χ2v) is 14.0. The van der Waals surface area contributed by atoms with E-state index in [1.165, 1.54) is 18.6 Å². The van der Waals surface area contributed by atoms with Gasteiger partial charge in [0, 0.05) is 73.3 Å². The van der Waals surface area contributed by atoms with Crippen molar-refractivity contribution >= 4 is 33.2 Å². The molecular formula is C37H36F3N7O3S. The number of carbonyl (C=O) groups is 2. The van der Waals surface area contributed by atoms with Crippen LogP contribution in [0.2, 0.25) is 0 Å². The van der Waals surface area contributed by atoms with Crippen LogP contribution >= 0.6 is 11.3 Å². The van der Waals surface area contributed by atoms with Crippen molar-refractivity contribution in [2.45, 2.75) is 38.9 Å². The lowest BCUT2D eigenvalue weighted by Gasteiger charge is -2.36. The first-order valence-corrected chi connectivity index (χ1v) is 17.4. The number of nitrogens with zero attached hydrogens (tertiary/aromatic N) is 7. The van der Waals surface area contributed by atoms with Crippen LogP contribution in [0.3, 0.4) is 0 Å². The number of carbonyl (C=O) groups excluding carboxylic acids is 2. The molecule has 0 aliphatic carbocycles. The molecule has 0 bridgehead atoms. The Morgan fingerprint density at radius 3 is 2.61 bits per heavy atom. The standard InChI is InChI=1S/C37H36F3N7O3S/c1-7-30(48)46-15-19(2)47-28(20(46)3)13-26(43-47)36-34(32-24(39)11-23(38)12-29(32)50-6)37-33(25(40)18-51-37)35(42-36)22-10-21-8-9-45(16-27(21)41-14-22)17-31(49)44(4)5/h7,10-14,18-20H,1,8-9,15-17H2,2-6H3/t19-,20+/m0/s1. The molecule has 2 aliphatic heterocycles. The molecule has 0 saturated carbocycles. The Labute approximate surface area is 296 Å². The molecule has 2 atom stereocenters. The summed E-state index contributed by atoms with van der Waals surface area (Å²) in [4.78, 5) is 40.2. The lowest BCUT2D eigenvalue weighted by Crippen LogP contribution is -2.42. The second-order valence-electron chi connectivity index (χ2n) is 13.1. The van der Waals surface area contributed by atoms with E-state index < -0.39 is 17.5 Å². The van der Waals surface area contributed by atoms with Crippen LogP contribution in [-0.2, 0) is 22.6 Å². The molecule has 2 aliphatic rings. The molecule has 5 aromatic rings. The van der Waals surface area contributed by atoms with Crippen molar-refractivity contribution in [2.75, 3.05) is 40.8 Å². The van der Waals surface area contributed by atoms with E-state index in [9.17, 15) is 14.0 Å². The highest BCUT2D eigenvalue weighted by molar-refractivity contribution is 7.18. The van der Waals surface area contributed by atoms with Gasteiger partial charge in [0.05, 0.1) is 53.8 Å². The maximum absolute atomic E-state index is 16.0. The number of hydrogen-bond donors (Lipinski definition) is 0. The SMILES string of the molecule is C=CC(=O)N1C[C@H](C)n2nc(-c3nc(-c4cnc5c(c4)CCN(CC(=O)N(C)C)C5)c4c(F)csc4c3-c3c(F)cc(F)cc3OC)cc2[C@H]1C. The van der Waals surface area contributed by atoms with Gasteiger partial charge in [0.2, 0.25) is 11.8 Å². The zero-order valence-corrected chi connectivity index (χ0v) is 29.7. The summed E-state index contributed by atoms with van der Waals surface area (Å²) in [6.07, 6.45) is 3.54. The lowest BCUT2D eigenvalue weighted by atomic mass is 9.95. The van der Waals surface area contributed by atoms with E-state index in [-0.39, 0.29) is 58.4 Å². The number of fused-ring (bicyclic) bond motifs is 3. The Bertz CT molecular complexity index is 2230. The highest BCUT2D eigenvalue weighted by Crippen LogP contribution is 2.48. The quantitative estimate of drug-likeness (QED) is 0.180. The Morgan fingerprint density at radius 2 is 1.88 bits per heavy atom. The van der Waals surface area contributed by atoms with E-state index in [1.54, 1.807) is 36.2 Å². The Hall–Kier alpha value is -5.08. The third-order valence-electron chi connectivity index (χ3n) is 9.66. The number of ether oxygens (including phenoxy) is 1. The van der Waals surface area contributed by atoms with Crippen LogP contribution in [0, 0.1) is 17.5 Å². The van der Waals surface area contributed by atoms with Crippen LogP contribution in [0.1, 0.15) is 42.9 Å². The molecule has 0 saturated heterocycles. The van der Waals surface area contributed by atoms with Crippen LogP contribution in [0.4, 0.5) is 13.2 Å². The fourth-order valence-electron chi connectivity index (χ4n) is 6.98. The molecule has 4 aromatic heterocycles. The summed E-state index contributed by atoms with van der Waals surface area (Å²) in [5.41, 5.74) is 4.07. The fraction of sp³-hybridized carbons (Fsp3) is 0.324. The maximum Gasteiger partial charge on any atom is 0.246 e. The number of benzene rings is 1. The molecule has 14 heteroatoms. The van der Waals surface area contributed by atoms with Gasteiger partial charge in [-0.1, -0.05) is 6.58 Å². The number of aromatic nitrogens is 4. The normalized spacial score (nSPS) is 17.3. The van der Waals surface area contributed by atoms with Crippen molar-refractivity contribution in [3.8, 4) is 39.5 Å². The van der Waals surface area contributed by atoms with E-state index in [0.717, 1.165) is 40.4 Å². The first-order chi connectivity index (χ1) is 24.4. The van der Waals surface area contributed by atoms with Crippen LogP contribution < -0.4 is 4.74 Å². The average Bonchev–Trinajstić information content (AvgIpc) is 3.73. The predicted molar refractivity (Wildman–Crippen MR) is 189 cm³/mol. The highest BCUT2D eigenvalue weighted by Gasteiger charge is 2.34. The van der Waals surface area contributed by atoms with Crippen LogP contribution in [0.5, 0.6) is 5.75 Å². The van der Waals surface area contributed by atoms with Crippen molar-refractivity contribution in [3.63, 3.8) is 0 Å². The van der Waals surface area contributed by atoms with Gasteiger partial charge in [-0.3, -0.25) is 24.2 Å². The van der Waals surface area contributed by atoms with Crippen molar-refractivity contribution in [1.82, 2.24) is 34.4 Å². The molecule has 0 radical (unpaired) electrons. The Morgan fingerprint density at radius 1 is 1.10 bits per heavy atom. The number of hydrogen-bond acceptors (Lipinski definition) is 8. The Kier molecular flexibility index (Phi) is 8.92. The van der Waals surface area contributed by atoms with Gasteiger partial charge >= 0.3 is 0 Å². The third-order valence-corrected chi connectivity index (χ3v) is 10.6. The number of likely N-dealkylation sites (N-methyl/N-ethyl adjacent to an activating group) is 1. The van der Waals surface area contributed by atoms with Crippen LogP contribution in [-0.4, -0.2) is 87.1 Å². The monoisotopic (exact) mass is 715 g/mol. The highest BCUT2D eigenvalue weighted by atomic mass is 32.1. The molecule has 0 spiro atoms. The number of amides is 2. The second kappa shape index (κ2) is 13.2. The molecular weight excluding hydrogens is 680 g/mol. The zero-order valence-electron chi connectivity index (χ0n) is 28.8. The van der Waals surface area contributed by atoms with Gasteiger partial charge in [-0.15, -0.1) is 11.3 Å². The first kappa shape index (κ1) is 34.4. The van der Waals surface area contributed by atoms with E-state index in [0.29, 0.717) is 47.7 Å². The summed E-state index contributed by atoms with van der Waals surface area (Å²) in [5.74, 6) is -2.59. The van der Waals surface area contributed by atoms with Gasteiger partial charge in [-0.05, 0) is 44.0 Å². The summed E-state index contributed by atoms with van der Waals surface area (Å²) < 4.78 is 54.1. The average molecular weight is 716 g/mol. The molecule has 6 heterocycles. The van der Waals surface area contributed by atoms with Crippen molar-refractivity contribution in [2.24, 2.45) is 0 Å². The van der Waals surface area contributed by atoms with Crippen molar-refractivity contribution in [1.29, 1.82) is 0 Å². The number of rotatable bonds is 7. The summed E-state index contributed by atoms with van der Waals surface area (Å²) in [6.45, 7) is 9.27. The molecule has 2 amide bonds. The predicted octanol–water partition coefficient (Wildman–Crippen LogP) is 6.41. The summed E-state index contributed by atoms with van der Waals surface area (Å²) in [7, 11) is 4.76. The molecule has 10 nitrogen and oxygen atoms in total. The van der Waals surface area contributed by atoms with E-state index in [1.807, 2.05) is 29.5 Å². The Balaban J connectivity index is 1.44. The molecule has 264 valence electrons. The fourth-order valence-corrected chi connectivity index (χ4v) is 7.95. The van der Waals surface area contributed by atoms with Crippen molar-refractivity contribution in [3.05, 3.63) is 82.9 Å². The van der Waals surface area contributed by atoms with E-state index in [4.69, 9.17) is 19.8 Å². The molecule has 1 aromatic carbocycles. The zero-order chi connectivity index (χ0) is 36.3. The topological polar surface area (TPSA) is 96.7 Å². The molecule has 51 heavy (non-hydrogen) atoms. The maximum atomic E-state index is 16.0. The largest absolute Gasteiger partial charge is 0.496 e.